The number of aryl methyl sites for hydroxylation is 2. The monoisotopic (exact) mass is 438 g/mol. The number of rotatable bonds is 7. The number of carbonyl (C=O) groups is 1. The molecule has 0 aromatic heterocycles. The Hall–Kier alpha value is -3.32. The number of carbonyl (C=O) groups excluding carboxylic acids is 1. The Morgan fingerprint density at radius 1 is 0.935 bits per heavy atom. The number of ether oxygens (including phenoxy) is 1. The van der Waals surface area contributed by atoms with E-state index in [1.54, 1.807) is 37.3 Å². The van der Waals surface area contributed by atoms with Crippen LogP contribution in [0.2, 0.25) is 0 Å². The number of hydrogen-bond acceptors (Lipinski definition) is 4. The third-order valence-electron chi connectivity index (χ3n) is 4.79. The standard InChI is InChI=1S/C24H26N2O4S/c1-17-10-11-18(2)23(16-17)26(31(4,28)29)19(3)24(27)25-20-12-14-22(15-13-20)30-21-8-6-5-7-9-21/h5-16,19H,1-4H3,(H,25,27). The first-order valence-electron chi connectivity index (χ1n) is 9.85. The molecule has 3 rings (SSSR count). The summed E-state index contributed by atoms with van der Waals surface area (Å²) in [4.78, 5) is 12.9. The average Bonchev–Trinajstić information content (AvgIpc) is 2.72. The van der Waals surface area contributed by atoms with Gasteiger partial charge >= 0.3 is 0 Å². The van der Waals surface area contributed by atoms with Crippen molar-refractivity contribution in [3.63, 3.8) is 0 Å². The predicted octanol–water partition coefficient (Wildman–Crippen LogP) is 4.89. The van der Waals surface area contributed by atoms with Crippen LogP contribution in [0.15, 0.2) is 72.8 Å². The Morgan fingerprint density at radius 3 is 2.16 bits per heavy atom. The molecule has 1 atom stereocenters. The molecule has 0 fully saturated rings. The van der Waals surface area contributed by atoms with Crippen molar-refractivity contribution < 1.29 is 17.9 Å². The molecule has 0 spiro atoms. The number of anilines is 2. The molecule has 31 heavy (non-hydrogen) atoms. The van der Waals surface area contributed by atoms with Gasteiger partial charge in [-0.05, 0) is 74.4 Å². The van der Waals surface area contributed by atoms with Crippen molar-refractivity contribution in [3.8, 4) is 11.5 Å². The van der Waals surface area contributed by atoms with E-state index in [0.29, 0.717) is 22.9 Å². The molecule has 1 amide bonds. The number of nitrogens with one attached hydrogen (secondary N) is 1. The molecule has 0 saturated heterocycles. The highest BCUT2D eigenvalue weighted by atomic mass is 32.2. The summed E-state index contributed by atoms with van der Waals surface area (Å²) in [6.45, 7) is 5.28. The van der Waals surface area contributed by atoms with Crippen LogP contribution < -0.4 is 14.4 Å². The van der Waals surface area contributed by atoms with Crippen LogP contribution in [0.5, 0.6) is 11.5 Å². The van der Waals surface area contributed by atoms with E-state index in [4.69, 9.17) is 4.74 Å². The zero-order valence-corrected chi connectivity index (χ0v) is 18.8. The highest BCUT2D eigenvalue weighted by molar-refractivity contribution is 7.92. The van der Waals surface area contributed by atoms with Crippen LogP contribution >= 0.6 is 0 Å². The van der Waals surface area contributed by atoms with Gasteiger partial charge in [-0.2, -0.15) is 0 Å². The maximum Gasteiger partial charge on any atom is 0.247 e. The van der Waals surface area contributed by atoms with Crippen molar-refractivity contribution in [1.29, 1.82) is 0 Å². The Bertz CT molecular complexity index is 1160. The number of amides is 1. The summed E-state index contributed by atoms with van der Waals surface area (Å²) >= 11 is 0. The van der Waals surface area contributed by atoms with Crippen LogP contribution in [0.4, 0.5) is 11.4 Å². The van der Waals surface area contributed by atoms with E-state index in [0.717, 1.165) is 21.7 Å². The SMILES string of the molecule is Cc1ccc(C)c(N(C(C)C(=O)Nc2ccc(Oc3ccccc3)cc2)S(C)(=O)=O)c1. The molecule has 0 heterocycles. The van der Waals surface area contributed by atoms with E-state index in [1.807, 2.05) is 56.3 Å². The molecular formula is C24H26N2O4S. The van der Waals surface area contributed by atoms with Crippen molar-refractivity contribution in [2.45, 2.75) is 26.8 Å². The van der Waals surface area contributed by atoms with Crippen molar-refractivity contribution in [2.75, 3.05) is 15.9 Å². The summed E-state index contributed by atoms with van der Waals surface area (Å²) in [6, 6.07) is 20.9. The van der Waals surface area contributed by atoms with Crippen LogP contribution in [0.25, 0.3) is 0 Å². The first-order valence-corrected chi connectivity index (χ1v) is 11.7. The molecule has 3 aromatic carbocycles. The zero-order valence-electron chi connectivity index (χ0n) is 18.0. The molecule has 0 saturated carbocycles. The molecule has 3 aromatic rings. The van der Waals surface area contributed by atoms with E-state index in [9.17, 15) is 13.2 Å². The molecule has 7 heteroatoms. The first-order chi connectivity index (χ1) is 14.6. The summed E-state index contributed by atoms with van der Waals surface area (Å²) in [7, 11) is -3.68. The molecule has 0 radical (unpaired) electrons. The van der Waals surface area contributed by atoms with Gasteiger partial charge in [0.25, 0.3) is 0 Å². The fourth-order valence-corrected chi connectivity index (χ4v) is 4.44. The van der Waals surface area contributed by atoms with Gasteiger partial charge in [0.15, 0.2) is 0 Å². The number of sulfonamides is 1. The van der Waals surface area contributed by atoms with Crippen LogP contribution in [0, 0.1) is 13.8 Å². The third-order valence-corrected chi connectivity index (χ3v) is 6.02. The lowest BCUT2D eigenvalue weighted by molar-refractivity contribution is -0.116. The summed E-state index contributed by atoms with van der Waals surface area (Å²) in [5, 5.41) is 2.79. The molecule has 0 bridgehead atoms. The Labute approximate surface area is 183 Å². The molecular weight excluding hydrogens is 412 g/mol. The van der Waals surface area contributed by atoms with E-state index in [1.165, 1.54) is 0 Å². The minimum Gasteiger partial charge on any atom is -0.457 e. The van der Waals surface area contributed by atoms with Gasteiger partial charge in [-0.1, -0.05) is 30.3 Å². The number of benzene rings is 3. The van der Waals surface area contributed by atoms with Gasteiger partial charge in [0.2, 0.25) is 15.9 Å². The molecule has 162 valence electrons. The molecule has 0 aliphatic rings. The van der Waals surface area contributed by atoms with E-state index in [-0.39, 0.29) is 0 Å². The summed E-state index contributed by atoms with van der Waals surface area (Å²) in [6.07, 6.45) is 1.11. The fourth-order valence-electron chi connectivity index (χ4n) is 3.22. The van der Waals surface area contributed by atoms with E-state index >= 15 is 0 Å². The maximum atomic E-state index is 12.9. The Morgan fingerprint density at radius 2 is 1.55 bits per heavy atom. The first kappa shape index (κ1) is 22.4. The van der Waals surface area contributed by atoms with Crippen LogP contribution in [-0.4, -0.2) is 26.6 Å². The van der Waals surface area contributed by atoms with Crippen molar-refractivity contribution in [2.24, 2.45) is 0 Å². The second kappa shape index (κ2) is 9.22. The molecule has 0 aliphatic heterocycles. The molecule has 6 nitrogen and oxygen atoms in total. The average molecular weight is 439 g/mol. The summed E-state index contributed by atoms with van der Waals surface area (Å²) in [5.41, 5.74) is 2.73. The van der Waals surface area contributed by atoms with Crippen LogP contribution in [0.1, 0.15) is 18.1 Å². The zero-order chi connectivity index (χ0) is 22.6. The quantitative estimate of drug-likeness (QED) is 0.570. The van der Waals surface area contributed by atoms with E-state index in [2.05, 4.69) is 5.32 Å². The Balaban J connectivity index is 1.77. The lowest BCUT2D eigenvalue weighted by Crippen LogP contribution is -2.45. The lowest BCUT2D eigenvalue weighted by Gasteiger charge is -2.29. The molecule has 0 aliphatic carbocycles. The fraction of sp³-hybridized carbons (Fsp3) is 0.208. The van der Waals surface area contributed by atoms with Gasteiger partial charge in [0.1, 0.15) is 17.5 Å². The lowest BCUT2D eigenvalue weighted by atomic mass is 10.1. The second-order valence-corrected chi connectivity index (χ2v) is 9.31. The molecule has 1 unspecified atom stereocenters. The Kier molecular flexibility index (Phi) is 6.65. The van der Waals surface area contributed by atoms with Crippen LogP contribution in [-0.2, 0) is 14.8 Å². The highest BCUT2D eigenvalue weighted by Gasteiger charge is 2.30. The number of para-hydroxylation sites is 1. The summed E-state index contributed by atoms with van der Waals surface area (Å²) < 4.78 is 32.0. The van der Waals surface area contributed by atoms with Gasteiger partial charge in [0.05, 0.1) is 11.9 Å². The van der Waals surface area contributed by atoms with Gasteiger partial charge in [-0.25, -0.2) is 8.42 Å². The van der Waals surface area contributed by atoms with Crippen molar-refractivity contribution in [1.82, 2.24) is 0 Å². The topological polar surface area (TPSA) is 75.7 Å². The van der Waals surface area contributed by atoms with Gasteiger partial charge in [0, 0.05) is 5.69 Å². The smallest absolute Gasteiger partial charge is 0.247 e. The normalized spacial score (nSPS) is 12.1. The number of hydrogen-bond donors (Lipinski definition) is 1. The minimum absolute atomic E-state index is 0.428. The van der Waals surface area contributed by atoms with Gasteiger partial charge in [-0.3, -0.25) is 9.10 Å². The highest BCUT2D eigenvalue weighted by Crippen LogP contribution is 2.27. The van der Waals surface area contributed by atoms with Crippen LogP contribution in [0.3, 0.4) is 0 Å². The largest absolute Gasteiger partial charge is 0.457 e. The predicted molar refractivity (Wildman–Crippen MR) is 124 cm³/mol. The van der Waals surface area contributed by atoms with Crippen molar-refractivity contribution >= 4 is 27.3 Å². The minimum atomic E-state index is -3.68. The third kappa shape index (κ3) is 5.64. The second-order valence-electron chi connectivity index (χ2n) is 7.45. The molecule has 1 N–H and O–H groups in total. The maximum absolute atomic E-state index is 12.9. The van der Waals surface area contributed by atoms with Crippen molar-refractivity contribution in [3.05, 3.63) is 83.9 Å². The number of nitrogens with zero attached hydrogens (tertiary/aromatic N) is 1. The van der Waals surface area contributed by atoms with Gasteiger partial charge < -0.3 is 10.1 Å². The summed E-state index contributed by atoms with van der Waals surface area (Å²) in [5.74, 6) is 0.915. The van der Waals surface area contributed by atoms with E-state index < -0.39 is 22.0 Å². The van der Waals surface area contributed by atoms with Gasteiger partial charge in [-0.15, -0.1) is 0 Å².